The molecule has 8 fully saturated rings. The minimum Gasteiger partial charge on any atom is -0.393 e. The molecule has 25 atom stereocenters. The number of aliphatic hydroxyl groups excluding tert-OH is 10. The zero-order valence-corrected chi connectivity index (χ0v) is 39.1. The van der Waals surface area contributed by atoms with E-state index in [1.807, 2.05) is 13.0 Å². The molecule has 0 aromatic heterocycles. The number of hydrogen-bond donors (Lipinski definition) is 10. The van der Waals surface area contributed by atoms with Crippen LogP contribution in [0.2, 0.25) is 0 Å². The smallest absolute Gasteiger partial charge is 0.187 e. The van der Waals surface area contributed by atoms with E-state index in [0.717, 1.165) is 44.1 Å². The van der Waals surface area contributed by atoms with Crippen molar-refractivity contribution in [2.45, 2.75) is 224 Å². The highest BCUT2D eigenvalue weighted by molar-refractivity contribution is 5.31. The van der Waals surface area contributed by atoms with Gasteiger partial charge in [0.25, 0.3) is 0 Å². The SMILES string of the molecule is C/C(=C/C[C@H](O)[C@@H](C)[C@H]1CC[C@@]2(C)[C@H]3CC[C@@H]4C(C)(C)[C@@H](O[C@@H]5O[C@H](C)[C@H](O[C@@H]6O[C@H](CO[C@@H]7O[C@H](C)[C@@H](O)[C@H](O)[C@H]7O)[C@@H](O)[C@H](O)[C@H]6O)[C@H](O)[C@H]5O)CC[C@@]45C[C@@]35CC[C@]12C)CO. The molecule has 3 heterocycles. The first kappa shape index (κ1) is 49.5. The third-order valence-electron chi connectivity index (χ3n) is 19.6. The Balaban J connectivity index is 0.890. The normalized spacial score (nSPS) is 54.5. The van der Waals surface area contributed by atoms with E-state index in [2.05, 4.69) is 34.6 Å². The van der Waals surface area contributed by atoms with Crippen molar-refractivity contribution in [1.29, 1.82) is 0 Å². The highest BCUT2D eigenvalue weighted by Crippen LogP contribution is 2.89. The van der Waals surface area contributed by atoms with Gasteiger partial charge in [0.05, 0.1) is 37.6 Å². The van der Waals surface area contributed by atoms with Crippen LogP contribution < -0.4 is 0 Å². The minimum atomic E-state index is -1.76. The molecule has 64 heavy (non-hydrogen) atoms. The van der Waals surface area contributed by atoms with Crippen molar-refractivity contribution in [2.24, 2.45) is 50.7 Å². The Morgan fingerprint density at radius 2 is 1.27 bits per heavy atom. The Kier molecular flexibility index (Phi) is 13.8. The highest BCUT2D eigenvalue weighted by Gasteiger charge is 2.82. The van der Waals surface area contributed by atoms with Gasteiger partial charge in [-0.05, 0) is 136 Å². The van der Waals surface area contributed by atoms with Crippen LogP contribution in [0.15, 0.2) is 11.6 Å². The largest absolute Gasteiger partial charge is 0.393 e. The summed E-state index contributed by atoms with van der Waals surface area (Å²) in [6.07, 6.45) is -9.37. The van der Waals surface area contributed by atoms with Gasteiger partial charge in [0.2, 0.25) is 0 Å². The average molecular weight is 913 g/mol. The first-order valence-electron chi connectivity index (χ1n) is 24.3. The number of hydrogen-bond acceptors (Lipinski definition) is 16. The van der Waals surface area contributed by atoms with Crippen LogP contribution >= 0.6 is 0 Å². The van der Waals surface area contributed by atoms with Crippen molar-refractivity contribution < 1.29 is 79.5 Å². The predicted molar refractivity (Wildman–Crippen MR) is 229 cm³/mol. The number of rotatable bonds is 12. The number of aliphatic hydroxyl groups is 10. The van der Waals surface area contributed by atoms with E-state index >= 15 is 0 Å². The molecule has 0 unspecified atom stereocenters. The van der Waals surface area contributed by atoms with Crippen molar-refractivity contribution in [3.05, 3.63) is 11.6 Å². The Hall–Kier alpha value is -0.900. The molecule has 8 aliphatic rings. The average Bonchev–Trinajstić information content (AvgIpc) is 3.85. The lowest BCUT2D eigenvalue weighted by atomic mass is 9.41. The summed E-state index contributed by atoms with van der Waals surface area (Å²) in [6, 6.07) is 0. The van der Waals surface area contributed by atoms with Crippen LogP contribution in [0.4, 0.5) is 0 Å². The van der Waals surface area contributed by atoms with E-state index in [1.54, 1.807) is 6.92 Å². The van der Waals surface area contributed by atoms with E-state index in [1.165, 1.54) is 26.2 Å². The first-order valence-corrected chi connectivity index (χ1v) is 24.3. The summed E-state index contributed by atoms with van der Waals surface area (Å²) >= 11 is 0. The van der Waals surface area contributed by atoms with E-state index in [9.17, 15) is 51.1 Å². The van der Waals surface area contributed by atoms with Crippen LogP contribution in [-0.2, 0) is 28.4 Å². The monoisotopic (exact) mass is 913 g/mol. The summed E-state index contributed by atoms with van der Waals surface area (Å²) < 4.78 is 35.8. The van der Waals surface area contributed by atoms with Crippen LogP contribution in [0.3, 0.4) is 0 Å². The molecule has 0 aromatic rings. The van der Waals surface area contributed by atoms with Crippen molar-refractivity contribution in [3.63, 3.8) is 0 Å². The van der Waals surface area contributed by atoms with Crippen molar-refractivity contribution in [2.75, 3.05) is 13.2 Å². The zero-order valence-electron chi connectivity index (χ0n) is 39.1. The van der Waals surface area contributed by atoms with Gasteiger partial charge in [0.1, 0.15) is 61.0 Å². The van der Waals surface area contributed by atoms with Gasteiger partial charge >= 0.3 is 0 Å². The second-order valence-electron chi connectivity index (χ2n) is 22.8. The molecule has 2 spiro atoms. The second kappa shape index (κ2) is 17.8. The third-order valence-corrected chi connectivity index (χ3v) is 19.6. The standard InChI is InChI=1S/C48H80O16/c1-22(19-49)9-10-27(50)23(2)26-13-15-46(8)30-12-11-29-44(5,6)31(14-16-47(29)21-48(30,47)18-17-45(26,46)7)63-42-39(58)36(55)40(25(4)61-42)64-43-38(57)35(54)33(52)28(62-43)20-59-41-37(56)34(53)32(51)24(3)60-41/h9,23-43,49-58H,10-21H2,1-8H3/b22-9-/t23-,24+,25+,26+,27-,28+,29+,30+,31-,32+,33+,34-,35-,36+,37+,38+,39+,40-,41+,42-,43-,45+,46-,47+,48-/m0/s1. The molecule has 10 N–H and O–H groups in total. The molecular weight excluding hydrogens is 833 g/mol. The van der Waals surface area contributed by atoms with Gasteiger partial charge in [-0.25, -0.2) is 0 Å². The van der Waals surface area contributed by atoms with Gasteiger partial charge in [-0.3, -0.25) is 0 Å². The maximum atomic E-state index is 11.5. The lowest BCUT2D eigenvalue weighted by Gasteiger charge is -2.63. The molecule has 3 saturated heterocycles. The predicted octanol–water partition coefficient (Wildman–Crippen LogP) is 1.64. The minimum absolute atomic E-state index is 0.0165. The van der Waals surface area contributed by atoms with Crippen molar-refractivity contribution in [1.82, 2.24) is 0 Å². The molecule has 5 aliphatic carbocycles. The van der Waals surface area contributed by atoms with E-state index in [4.69, 9.17) is 28.4 Å². The molecular formula is C48H80O16. The summed E-state index contributed by atoms with van der Waals surface area (Å²) in [5, 5.41) is 107. The molecule has 3 aliphatic heterocycles. The Morgan fingerprint density at radius 1 is 0.656 bits per heavy atom. The maximum absolute atomic E-state index is 11.5. The van der Waals surface area contributed by atoms with Crippen LogP contribution in [0.25, 0.3) is 0 Å². The summed E-state index contributed by atoms with van der Waals surface area (Å²) in [7, 11) is 0. The Labute approximate surface area is 378 Å². The molecule has 0 amide bonds. The van der Waals surface area contributed by atoms with Crippen molar-refractivity contribution >= 4 is 0 Å². The quantitative estimate of drug-likeness (QED) is 0.0987. The third kappa shape index (κ3) is 7.72. The van der Waals surface area contributed by atoms with Crippen molar-refractivity contribution in [3.8, 4) is 0 Å². The molecule has 368 valence electrons. The summed E-state index contributed by atoms with van der Waals surface area (Å²) in [5.74, 6) is 1.65. The van der Waals surface area contributed by atoms with Gasteiger partial charge in [0, 0.05) is 0 Å². The number of fused-ring (bicyclic) bond motifs is 2. The fourth-order valence-electron chi connectivity index (χ4n) is 15.5. The lowest BCUT2D eigenvalue weighted by Crippen LogP contribution is -2.65. The van der Waals surface area contributed by atoms with Crippen LogP contribution in [-0.4, -0.2) is 169 Å². The summed E-state index contributed by atoms with van der Waals surface area (Å²) in [6.45, 7) is 16.5. The molecule has 0 aromatic carbocycles. The van der Waals surface area contributed by atoms with Crippen LogP contribution in [0.5, 0.6) is 0 Å². The number of ether oxygens (including phenoxy) is 6. The summed E-state index contributed by atoms with van der Waals surface area (Å²) in [4.78, 5) is 0. The molecule has 0 radical (unpaired) electrons. The Morgan fingerprint density at radius 3 is 1.97 bits per heavy atom. The van der Waals surface area contributed by atoms with Gasteiger partial charge in [-0.1, -0.05) is 46.3 Å². The first-order chi connectivity index (χ1) is 30.0. The highest BCUT2D eigenvalue weighted by atomic mass is 16.8. The lowest BCUT2D eigenvalue weighted by molar-refractivity contribution is -0.368. The van der Waals surface area contributed by atoms with E-state index < -0.39 is 105 Å². The second-order valence-corrected chi connectivity index (χ2v) is 22.8. The van der Waals surface area contributed by atoms with Gasteiger partial charge < -0.3 is 79.5 Å². The van der Waals surface area contributed by atoms with Gasteiger partial charge in [-0.2, -0.15) is 0 Å². The van der Waals surface area contributed by atoms with Crippen LogP contribution in [0, 0.1) is 50.7 Å². The molecule has 16 heteroatoms. The fraction of sp³-hybridized carbons (Fsp3) is 0.958. The Bertz CT molecular complexity index is 1680. The molecule has 8 rings (SSSR count). The van der Waals surface area contributed by atoms with Gasteiger partial charge in [0.15, 0.2) is 18.9 Å². The molecule has 5 saturated carbocycles. The van der Waals surface area contributed by atoms with Crippen LogP contribution in [0.1, 0.15) is 120 Å². The van der Waals surface area contributed by atoms with E-state index in [0.29, 0.717) is 24.2 Å². The van der Waals surface area contributed by atoms with Gasteiger partial charge in [-0.15, -0.1) is 0 Å². The van der Waals surface area contributed by atoms with E-state index in [-0.39, 0.29) is 45.7 Å². The molecule has 0 bridgehead atoms. The summed E-state index contributed by atoms with van der Waals surface area (Å²) in [5.41, 5.74) is 1.49. The maximum Gasteiger partial charge on any atom is 0.187 e. The topological polar surface area (TPSA) is 258 Å². The zero-order chi connectivity index (χ0) is 46.6. The fourth-order valence-corrected chi connectivity index (χ4v) is 15.5. The molecule has 16 nitrogen and oxygen atoms in total.